The van der Waals surface area contributed by atoms with Gasteiger partial charge in [-0.1, -0.05) is 27.5 Å². The highest BCUT2D eigenvalue weighted by molar-refractivity contribution is 9.10. The predicted molar refractivity (Wildman–Crippen MR) is 71.2 cm³/mol. The van der Waals surface area contributed by atoms with Crippen LogP contribution in [0.1, 0.15) is 0 Å². The predicted octanol–water partition coefficient (Wildman–Crippen LogP) is 2.96. The minimum Gasteiger partial charge on any atom is -0.371 e. The van der Waals surface area contributed by atoms with Crippen molar-refractivity contribution in [3.8, 4) is 0 Å². The summed E-state index contributed by atoms with van der Waals surface area (Å²) < 4.78 is 66.0. The Bertz CT molecular complexity index is 565. The molecule has 0 radical (unpaired) electrons. The zero-order valence-electron chi connectivity index (χ0n) is 9.88. The van der Waals surface area contributed by atoms with E-state index >= 15 is 0 Å². The summed E-state index contributed by atoms with van der Waals surface area (Å²) in [6.45, 7) is -2.11. The third-order valence-corrected chi connectivity index (χ3v) is 4.42. The second-order valence-corrected chi connectivity index (χ2v) is 6.70. The lowest BCUT2D eigenvalue weighted by atomic mass is 10.4. The molecule has 0 aliphatic heterocycles. The number of benzene rings is 1. The molecule has 0 aliphatic carbocycles. The Labute approximate surface area is 127 Å². The van der Waals surface area contributed by atoms with Crippen molar-refractivity contribution in [3.05, 3.63) is 27.7 Å². The van der Waals surface area contributed by atoms with E-state index in [9.17, 15) is 21.6 Å². The lowest BCUT2D eigenvalue weighted by Gasteiger charge is -2.10. The summed E-state index contributed by atoms with van der Waals surface area (Å²) in [5, 5.41) is 0.00286. The first-order valence-corrected chi connectivity index (χ1v) is 7.86. The van der Waals surface area contributed by atoms with Gasteiger partial charge in [0.15, 0.2) is 0 Å². The summed E-state index contributed by atoms with van der Waals surface area (Å²) in [5.41, 5.74) is 0. The average molecular weight is 397 g/mol. The molecule has 0 saturated heterocycles. The number of hydrogen-bond donors (Lipinski definition) is 1. The minimum absolute atomic E-state index is 0.00286. The van der Waals surface area contributed by atoms with Crippen molar-refractivity contribution in [2.75, 3.05) is 19.8 Å². The van der Waals surface area contributed by atoms with Gasteiger partial charge >= 0.3 is 6.18 Å². The van der Waals surface area contributed by atoms with Crippen LogP contribution >= 0.6 is 27.5 Å². The van der Waals surface area contributed by atoms with Crippen molar-refractivity contribution in [2.45, 2.75) is 11.1 Å². The van der Waals surface area contributed by atoms with Gasteiger partial charge in [0.25, 0.3) is 0 Å². The molecular weight excluding hydrogens is 387 g/mol. The molecule has 1 aromatic rings. The maximum atomic E-state index is 11.8. The van der Waals surface area contributed by atoms with E-state index in [-0.39, 0.29) is 16.5 Å². The van der Waals surface area contributed by atoms with Crippen LogP contribution in [0.15, 0.2) is 27.6 Å². The summed E-state index contributed by atoms with van der Waals surface area (Å²) in [4.78, 5) is -0.154. The SMILES string of the molecule is O=S(=O)(NCCOCC(F)(F)F)c1ccc(Br)cc1Cl. The van der Waals surface area contributed by atoms with Gasteiger partial charge < -0.3 is 4.74 Å². The van der Waals surface area contributed by atoms with Gasteiger partial charge in [-0.3, -0.25) is 0 Å². The number of halogens is 5. The van der Waals surface area contributed by atoms with Gasteiger partial charge in [0.1, 0.15) is 11.5 Å². The average Bonchev–Trinajstić information content (AvgIpc) is 2.26. The zero-order valence-corrected chi connectivity index (χ0v) is 13.0. The smallest absolute Gasteiger partial charge is 0.371 e. The third kappa shape index (κ3) is 5.96. The summed E-state index contributed by atoms with van der Waals surface area (Å²) in [6, 6.07) is 4.17. The number of alkyl halides is 3. The first kappa shape index (κ1) is 17.7. The van der Waals surface area contributed by atoms with Crippen molar-refractivity contribution >= 4 is 37.6 Å². The van der Waals surface area contributed by atoms with Crippen LogP contribution in [0.5, 0.6) is 0 Å². The summed E-state index contributed by atoms with van der Waals surface area (Å²) in [7, 11) is -3.89. The van der Waals surface area contributed by atoms with Gasteiger partial charge in [-0.2, -0.15) is 13.2 Å². The highest BCUT2D eigenvalue weighted by Crippen LogP contribution is 2.24. The molecule has 114 valence electrons. The quantitative estimate of drug-likeness (QED) is 0.752. The van der Waals surface area contributed by atoms with E-state index in [0.29, 0.717) is 4.47 Å². The Kier molecular flexibility index (Phi) is 6.26. The Balaban J connectivity index is 2.54. The first-order chi connectivity index (χ1) is 9.12. The Morgan fingerprint density at radius 3 is 2.55 bits per heavy atom. The molecule has 0 spiro atoms. The minimum atomic E-state index is -4.44. The van der Waals surface area contributed by atoms with Gasteiger partial charge in [0.05, 0.1) is 11.6 Å². The van der Waals surface area contributed by atoms with Crippen LogP contribution in [-0.2, 0) is 14.8 Å². The summed E-state index contributed by atoms with van der Waals surface area (Å²) in [6.07, 6.45) is -4.44. The molecule has 0 aliphatic rings. The van der Waals surface area contributed by atoms with E-state index in [4.69, 9.17) is 11.6 Å². The van der Waals surface area contributed by atoms with Crippen LogP contribution in [0.2, 0.25) is 5.02 Å². The van der Waals surface area contributed by atoms with E-state index in [2.05, 4.69) is 25.4 Å². The lowest BCUT2D eigenvalue weighted by molar-refractivity contribution is -0.173. The molecule has 0 amide bonds. The topological polar surface area (TPSA) is 55.4 Å². The van der Waals surface area contributed by atoms with Gasteiger partial charge in [0, 0.05) is 11.0 Å². The van der Waals surface area contributed by atoms with Crippen molar-refractivity contribution in [1.29, 1.82) is 0 Å². The fourth-order valence-electron chi connectivity index (χ4n) is 1.21. The summed E-state index contributed by atoms with van der Waals surface area (Å²) in [5.74, 6) is 0. The maximum Gasteiger partial charge on any atom is 0.411 e. The molecule has 0 bridgehead atoms. The fraction of sp³-hybridized carbons (Fsp3) is 0.400. The van der Waals surface area contributed by atoms with Crippen molar-refractivity contribution in [2.24, 2.45) is 0 Å². The second-order valence-electron chi connectivity index (χ2n) is 3.64. The molecule has 0 heterocycles. The van der Waals surface area contributed by atoms with Crippen molar-refractivity contribution in [3.63, 3.8) is 0 Å². The van der Waals surface area contributed by atoms with Gasteiger partial charge in [-0.25, -0.2) is 13.1 Å². The van der Waals surface area contributed by atoms with Crippen LogP contribution in [0.25, 0.3) is 0 Å². The molecule has 10 heteroatoms. The largest absolute Gasteiger partial charge is 0.411 e. The van der Waals surface area contributed by atoms with Crippen molar-refractivity contribution in [1.82, 2.24) is 4.72 Å². The molecule has 0 unspecified atom stereocenters. The summed E-state index contributed by atoms with van der Waals surface area (Å²) >= 11 is 8.91. The molecule has 1 rings (SSSR count). The second kappa shape index (κ2) is 7.08. The highest BCUT2D eigenvalue weighted by atomic mass is 79.9. The monoisotopic (exact) mass is 395 g/mol. The first-order valence-electron chi connectivity index (χ1n) is 5.21. The zero-order chi connectivity index (χ0) is 15.4. The van der Waals surface area contributed by atoms with E-state index in [1.54, 1.807) is 0 Å². The Morgan fingerprint density at radius 2 is 2.00 bits per heavy atom. The molecule has 20 heavy (non-hydrogen) atoms. The third-order valence-electron chi connectivity index (χ3n) is 1.99. The van der Waals surface area contributed by atoms with E-state index in [0.717, 1.165) is 0 Å². The fourth-order valence-corrected chi connectivity index (χ4v) is 3.26. The van der Waals surface area contributed by atoms with Gasteiger partial charge in [0.2, 0.25) is 10.0 Å². The van der Waals surface area contributed by atoms with E-state index in [1.807, 2.05) is 0 Å². The maximum absolute atomic E-state index is 11.8. The number of ether oxygens (including phenoxy) is 1. The van der Waals surface area contributed by atoms with Gasteiger partial charge in [-0.15, -0.1) is 0 Å². The van der Waals surface area contributed by atoms with E-state index < -0.39 is 29.4 Å². The Morgan fingerprint density at radius 1 is 1.35 bits per heavy atom. The van der Waals surface area contributed by atoms with Gasteiger partial charge in [-0.05, 0) is 18.2 Å². The lowest BCUT2D eigenvalue weighted by Crippen LogP contribution is -2.29. The molecule has 0 aromatic heterocycles. The number of hydrogen-bond acceptors (Lipinski definition) is 3. The molecular formula is C10H10BrClF3NO3S. The molecule has 0 atom stereocenters. The number of sulfonamides is 1. The standard InChI is InChI=1S/C10H10BrClF3NO3S/c11-7-1-2-9(8(12)5-7)20(17,18)16-3-4-19-6-10(13,14)15/h1-2,5,16H,3-4,6H2. The van der Waals surface area contributed by atoms with Crippen LogP contribution in [0, 0.1) is 0 Å². The molecule has 4 nitrogen and oxygen atoms in total. The number of nitrogens with one attached hydrogen (secondary N) is 1. The van der Waals surface area contributed by atoms with Crippen LogP contribution in [0.4, 0.5) is 13.2 Å². The number of rotatable bonds is 6. The van der Waals surface area contributed by atoms with Crippen LogP contribution in [-0.4, -0.2) is 34.4 Å². The molecule has 0 saturated carbocycles. The van der Waals surface area contributed by atoms with Crippen LogP contribution < -0.4 is 4.72 Å². The van der Waals surface area contributed by atoms with E-state index in [1.165, 1.54) is 18.2 Å². The Hall–Kier alpha value is -0.350. The normalized spacial score (nSPS) is 12.7. The highest BCUT2D eigenvalue weighted by Gasteiger charge is 2.27. The molecule has 1 N–H and O–H groups in total. The van der Waals surface area contributed by atoms with Crippen molar-refractivity contribution < 1.29 is 26.3 Å². The van der Waals surface area contributed by atoms with Crippen LogP contribution in [0.3, 0.4) is 0 Å². The molecule has 0 fully saturated rings. The molecule has 1 aromatic carbocycles.